The highest BCUT2D eigenvalue weighted by molar-refractivity contribution is 7.99. The highest BCUT2D eigenvalue weighted by atomic mass is 32.2. The molecule has 0 radical (unpaired) electrons. The lowest BCUT2D eigenvalue weighted by Crippen LogP contribution is -2.62. The largest absolute Gasteiger partial charge is 0.478 e. The smallest absolute Gasteiger partial charge is 0.338 e. The molecule has 0 bridgehead atoms. The topological polar surface area (TPSA) is 215 Å². The third kappa shape index (κ3) is 12.5. The first-order valence-electron chi connectivity index (χ1n) is 20.3. The van der Waals surface area contributed by atoms with Gasteiger partial charge in [0.1, 0.15) is 23.8 Å². The number of thiocarbonyl (C=S) groups is 1. The Balaban J connectivity index is 1.29. The molecule has 9 atom stereocenters. The average molecular weight is 917 g/mol. The van der Waals surface area contributed by atoms with Crippen LogP contribution in [0.3, 0.4) is 0 Å². The minimum Gasteiger partial charge on any atom is -0.478 e. The molecule has 18 heteroatoms. The number of nitrogens with zero attached hydrogens (tertiary/aromatic N) is 1. The summed E-state index contributed by atoms with van der Waals surface area (Å²) >= 11 is 7.08. The molecule has 2 aliphatic rings. The summed E-state index contributed by atoms with van der Waals surface area (Å²) in [6, 6.07) is 27.5. The highest BCUT2D eigenvalue weighted by Crippen LogP contribution is 2.48. The second-order valence-electron chi connectivity index (χ2n) is 15.0. The molecule has 3 N–H and O–H groups in total. The van der Waals surface area contributed by atoms with Gasteiger partial charge in [0.05, 0.1) is 29.4 Å². The second kappa shape index (κ2) is 22.2. The van der Waals surface area contributed by atoms with E-state index in [9.17, 15) is 34.2 Å². The molecule has 1 unspecified atom stereocenters. The second-order valence-corrected chi connectivity index (χ2v) is 16.5. The Bertz CT molecular complexity index is 2300. The Hall–Kier alpha value is -5.76. The molecule has 0 amide bonds. The first kappa shape index (κ1) is 47.7. The number of carbonyl (C=O) groups excluding carboxylic acids is 4. The maximum absolute atomic E-state index is 12.4. The third-order valence-corrected chi connectivity index (χ3v) is 11.6. The molecule has 64 heavy (non-hydrogen) atoms. The van der Waals surface area contributed by atoms with Crippen LogP contribution < -0.4 is 5.32 Å². The fraction of sp³-hybridized carbons (Fsp3) is 0.370. The van der Waals surface area contributed by atoms with Crippen LogP contribution in [-0.4, -0.2) is 99.0 Å². The Kier molecular flexibility index (Phi) is 16.6. The van der Waals surface area contributed by atoms with Gasteiger partial charge in [-0.05, 0) is 41.0 Å². The van der Waals surface area contributed by atoms with Crippen LogP contribution in [-0.2, 0) is 58.9 Å². The van der Waals surface area contributed by atoms with Crippen LogP contribution in [0, 0.1) is 0 Å². The monoisotopic (exact) mass is 916 g/mol. The lowest BCUT2D eigenvalue weighted by molar-refractivity contribution is -0.255. The first-order chi connectivity index (χ1) is 30.7. The van der Waals surface area contributed by atoms with Crippen molar-refractivity contribution in [3.8, 4) is 0 Å². The number of hydrogen-bond acceptors (Lipinski definition) is 16. The minimum atomic E-state index is -1.34. The van der Waals surface area contributed by atoms with E-state index in [2.05, 4.69) is 10.3 Å². The van der Waals surface area contributed by atoms with Gasteiger partial charge in [0.2, 0.25) is 0 Å². The molecule has 0 saturated carbocycles. The number of pyridine rings is 1. The van der Waals surface area contributed by atoms with Crippen molar-refractivity contribution < 1.29 is 67.3 Å². The van der Waals surface area contributed by atoms with Gasteiger partial charge in [-0.3, -0.25) is 19.2 Å². The zero-order valence-electron chi connectivity index (χ0n) is 35.3. The van der Waals surface area contributed by atoms with Crippen molar-refractivity contribution in [3.05, 3.63) is 125 Å². The van der Waals surface area contributed by atoms with Crippen LogP contribution in [0.4, 0.5) is 5.69 Å². The molecule has 16 nitrogen and oxygen atoms in total. The van der Waals surface area contributed by atoms with Gasteiger partial charge in [-0.2, -0.15) is 0 Å². The van der Waals surface area contributed by atoms with Gasteiger partial charge in [0, 0.05) is 63.2 Å². The number of thioether (sulfide) groups is 1. The summed E-state index contributed by atoms with van der Waals surface area (Å²) in [6.45, 7) is 4.14. The van der Waals surface area contributed by atoms with Crippen LogP contribution in [0.1, 0.15) is 85.0 Å². The average Bonchev–Trinajstić information content (AvgIpc) is 3.26. The summed E-state index contributed by atoms with van der Waals surface area (Å²) in [4.78, 5) is 65.4. The zero-order valence-corrected chi connectivity index (χ0v) is 37.0. The number of carboxylic acids is 1. The molecule has 3 heterocycles. The number of hydrogen-bond donors (Lipinski definition) is 3. The maximum atomic E-state index is 12.4. The van der Waals surface area contributed by atoms with E-state index in [4.69, 9.17) is 45.4 Å². The number of benzene rings is 3. The molecule has 2 aliphatic heterocycles. The third-order valence-electron chi connectivity index (χ3n) is 10.3. The molecule has 0 aliphatic carbocycles. The van der Waals surface area contributed by atoms with Gasteiger partial charge in [-0.25, -0.2) is 9.78 Å². The molecule has 338 valence electrons. The molecular weight excluding hydrogens is 869 g/mol. The molecule has 2 saturated heterocycles. The van der Waals surface area contributed by atoms with E-state index in [1.54, 1.807) is 30.5 Å². The van der Waals surface area contributed by atoms with Crippen molar-refractivity contribution in [1.29, 1.82) is 0 Å². The molecule has 6 rings (SSSR count). The van der Waals surface area contributed by atoms with Gasteiger partial charge >= 0.3 is 29.8 Å². The van der Waals surface area contributed by atoms with Crippen molar-refractivity contribution in [2.24, 2.45) is 0 Å². The molecule has 1 aromatic heterocycles. The number of carboxylic acid groups (broad SMARTS) is 1. The number of esters is 4. The van der Waals surface area contributed by atoms with Crippen LogP contribution in [0.2, 0.25) is 0 Å². The predicted octanol–water partition coefficient (Wildman–Crippen LogP) is 6.26. The maximum Gasteiger partial charge on any atom is 0.338 e. The molecular formula is C46H48N2O14S2. The lowest BCUT2D eigenvalue weighted by atomic mass is 9.84. The summed E-state index contributed by atoms with van der Waals surface area (Å²) < 4.78 is 41.8. The van der Waals surface area contributed by atoms with Crippen LogP contribution >= 0.6 is 24.0 Å². The van der Waals surface area contributed by atoms with E-state index in [0.29, 0.717) is 22.0 Å². The van der Waals surface area contributed by atoms with E-state index in [1.165, 1.54) is 24.8 Å². The van der Waals surface area contributed by atoms with E-state index in [-0.39, 0.29) is 36.1 Å². The molecule has 3 aromatic carbocycles. The summed E-state index contributed by atoms with van der Waals surface area (Å²) in [5, 5.41) is 23.3. The molecule has 2 fully saturated rings. The fourth-order valence-electron chi connectivity index (χ4n) is 7.62. The minimum absolute atomic E-state index is 0.0714. The van der Waals surface area contributed by atoms with Gasteiger partial charge in [0.25, 0.3) is 0 Å². The number of aliphatic hydroxyl groups is 1. The fourth-order valence-corrected chi connectivity index (χ4v) is 8.96. The normalized spacial score (nSPS) is 24.1. The summed E-state index contributed by atoms with van der Waals surface area (Å²) in [5.74, 6) is -4.02. The quantitative estimate of drug-likeness (QED) is 0.0489. The highest BCUT2D eigenvalue weighted by Gasteiger charge is 2.52. The lowest BCUT2D eigenvalue weighted by Gasteiger charge is -2.44. The van der Waals surface area contributed by atoms with E-state index in [1.807, 2.05) is 60.7 Å². The van der Waals surface area contributed by atoms with Crippen molar-refractivity contribution in [2.75, 3.05) is 17.7 Å². The Morgan fingerprint density at radius 1 is 0.719 bits per heavy atom. The van der Waals surface area contributed by atoms with Crippen LogP contribution in [0.5, 0.6) is 0 Å². The van der Waals surface area contributed by atoms with Gasteiger partial charge < -0.3 is 48.7 Å². The SMILES string of the molecule is CC(=O)OC[C@H]1O[C@@H](CC(=S)Nc2cccc(C3O[C@H](CSc4ncccc4C(=O)O)[C@@H](c4ccccc4)[C@H](c4ccc(CO)cc4)O3)c2)[C@H](OC(C)=O)[C@@H](OC(C)=O)[C@@H]1OC(C)=O. The van der Waals surface area contributed by atoms with Crippen LogP contribution in [0.15, 0.2) is 102 Å². The Morgan fingerprint density at radius 3 is 2.02 bits per heavy atom. The van der Waals surface area contributed by atoms with Crippen molar-refractivity contribution in [1.82, 2.24) is 4.98 Å². The number of carbonyl (C=O) groups is 5. The number of ether oxygens (including phenoxy) is 7. The number of aromatic nitrogens is 1. The van der Waals surface area contributed by atoms with E-state index in [0.717, 1.165) is 37.5 Å². The van der Waals surface area contributed by atoms with Crippen molar-refractivity contribution >= 4 is 64.5 Å². The van der Waals surface area contributed by atoms with Gasteiger partial charge in [-0.1, -0.05) is 78.9 Å². The Labute approximate surface area is 378 Å². The number of aliphatic hydroxyl groups excluding tert-OH is 1. The summed E-state index contributed by atoms with van der Waals surface area (Å²) in [7, 11) is 0. The standard InChI is InChI=1S/C46H48N2O14S2/c1-25(50)56-23-36-42(58-27(3)52)43(59-28(4)53)41(57-26(2)51)35(60-36)21-38(63)48-33-13-8-12-32(20-33)46-61-37(24-64-44-34(45(54)55)14-9-19-47-44)39(30-10-6-5-7-11-30)40(62-46)31-17-15-29(22-49)16-18-31/h5-20,35-37,39-43,46,49H,21-24H2,1-4H3,(H,48,63)(H,54,55)/t35-,36+,37+,39+,40-,41-,42+,43+,46?/m0/s1. The van der Waals surface area contributed by atoms with E-state index >= 15 is 0 Å². The molecule has 0 spiro atoms. The first-order valence-corrected chi connectivity index (χ1v) is 21.7. The zero-order chi connectivity index (χ0) is 45.9. The summed E-state index contributed by atoms with van der Waals surface area (Å²) in [5.41, 5.74) is 3.71. The van der Waals surface area contributed by atoms with Crippen molar-refractivity contribution in [3.63, 3.8) is 0 Å². The van der Waals surface area contributed by atoms with E-state index < -0.39 is 78.9 Å². The van der Waals surface area contributed by atoms with Gasteiger partial charge in [0.15, 0.2) is 24.6 Å². The van der Waals surface area contributed by atoms with Crippen molar-refractivity contribution in [2.45, 2.75) is 101 Å². The van der Waals surface area contributed by atoms with Gasteiger partial charge in [-0.15, -0.1) is 11.8 Å². The van der Waals surface area contributed by atoms with Crippen LogP contribution in [0.25, 0.3) is 0 Å². The number of rotatable bonds is 16. The number of nitrogens with one attached hydrogen (secondary N) is 1. The Morgan fingerprint density at radius 2 is 1.38 bits per heavy atom. The summed E-state index contributed by atoms with van der Waals surface area (Å²) in [6.07, 6.45) is -6.74. The number of anilines is 1. The predicted molar refractivity (Wildman–Crippen MR) is 234 cm³/mol. The molecule has 4 aromatic rings. The number of aromatic carboxylic acids is 1.